The first-order valence-electron chi connectivity index (χ1n) is 6.80. The van der Waals surface area contributed by atoms with Gasteiger partial charge in [-0.2, -0.15) is 9.78 Å². The summed E-state index contributed by atoms with van der Waals surface area (Å²) >= 11 is 5.96. The molecule has 0 radical (unpaired) electrons. The number of aromatic nitrogens is 4. The van der Waals surface area contributed by atoms with Crippen LogP contribution in [0.25, 0.3) is 5.69 Å². The molecule has 2 aromatic heterocycles. The first kappa shape index (κ1) is 15.7. The van der Waals surface area contributed by atoms with Crippen LogP contribution in [0.3, 0.4) is 0 Å². The van der Waals surface area contributed by atoms with E-state index in [1.807, 2.05) is 0 Å². The molecule has 0 atom stereocenters. The number of hydrogen-bond donors (Lipinski definition) is 1. The second kappa shape index (κ2) is 6.50. The predicted molar refractivity (Wildman–Crippen MR) is 86.1 cm³/mol. The molecular weight excluding hydrogens is 336 g/mol. The van der Waals surface area contributed by atoms with Gasteiger partial charge in [0.05, 0.1) is 29.2 Å². The van der Waals surface area contributed by atoms with Crippen molar-refractivity contribution in [2.45, 2.75) is 6.54 Å². The molecule has 1 aromatic carbocycles. The first-order valence-corrected chi connectivity index (χ1v) is 7.18. The number of anilines is 1. The Hall–Kier alpha value is -3.20. The molecule has 0 saturated heterocycles. The SMILES string of the molecule is O=C(Cn1ccc([N+](=O)[O-])n1)Nc1ccnn1-c1cccc(Cl)c1. The number of benzene rings is 1. The Balaban J connectivity index is 1.73. The summed E-state index contributed by atoms with van der Waals surface area (Å²) < 4.78 is 2.71. The summed E-state index contributed by atoms with van der Waals surface area (Å²) in [5, 5.41) is 21.7. The lowest BCUT2D eigenvalue weighted by Gasteiger charge is -2.08. The third kappa shape index (κ3) is 3.41. The number of hydrogen-bond acceptors (Lipinski definition) is 5. The van der Waals surface area contributed by atoms with E-state index < -0.39 is 10.8 Å². The number of carbonyl (C=O) groups excluding carboxylic acids is 1. The van der Waals surface area contributed by atoms with E-state index in [1.54, 1.807) is 30.3 Å². The molecule has 1 N–H and O–H groups in total. The lowest BCUT2D eigenvalue weighted by atomic mass is 10.3. The Labute approximate surface area is 140 Å². The Morgan fingerprint density at radius 1 is 1.33 bits per heavy atom. The maximum atomic E-state index is 12.1. The maximum absolute atomic E-state index is 12.1. The van der Waals surface area contributed by atoms with Crippen LogP contribution in [0, 0.1) is 10.1 Å². The summed E-state index contributed by atoms with van der Waals surface area (Å²) in [5.74, 6) is -0.257. The quantitative estimate of drug-likeness (QED) is 0.563. The Bertz CT molecular complexity index is 903. The van der Waals surface area contributed by atoms with Gasteiger partial charge in [0.25, 0.3) is 0 Å². The number of amides is 1. The van der Waals surface area contributed by atoms with Crippen LogP contribution >= 0.6 is 11.6 Å². The smallest absolute Gasteiger partial charge is 0.358 e. The third-order valence-electron chi connectivity index (χ3n) is 3.08. The number of carbonyl (C=O) groups is 1. The zero-order valence-electron chi connectivity index (χ0n) is 12.2. The van der Waals surface area contributed by atoms with Gasteiger partial charge in [-0.25, -0.2) is 4.68 Å². The fourth-order valence-corrected chi connectivity index (χ4v) is 2.26. The van der Waals surface area contributed by atoms with Gasteiger partial charge in [0.15, 0.2) is 0 Å². The van der Waals surface area contributed by atoms with Crippen molar-refractivity contribution in [3.63, 3.8) is 0 Å². The fourth-order valence-electron chi connectivity index (χ4n) is 2.08. The van der Waals surface area contributed by atoms with Crippen molar-refractivity contribution in [1.82, 2.24) is 19.6 Å². The molecule has 0 aliphatic heterocycles. The van der Waals surface area contributed by atoms with Crippen LogP contribution in [0.1, 0.15) is 0 Å². The molecule has 122 valence electrons. The van der Waals surface area contributed by atoms with Gasteiger partial charge in [0.2, 0.25) is 5.91 Å². The highest BCUT2D eigenvalue weighted by Crippen LogP contribution is 2.18. The molecule has 9 nitrogen and oxygen atoms in total. The number of halogens is 1. The van der Waals surface area contributed by atoms with E-state index in [1.165, 1.54) is 27.8 Å². The molecule has 3 rings (SSSR count). The second-order valence-electron chi connectivity index (χ2n) is 4.78. The molecule has 0 unspecified atom stereocenters. The van der Waals surface area contributed by atoms with Gasteiger partial charge in [-0.05, 0) is 23.1 Å². The van der Waals surface area contributed by atoms with Crippen LogP contribution in [0.4, 0.5) is 11.6 Å². The zero-order valence-corrected chi connectivity index (χ0v) is 12.9. The highest BCUT2D eigenvalue weighted by Gasteiger charge is 2.15. The molecule has 0 saturated carbocycles. The number of nitro groups is 1. The van der Waals surface area contributed by atoms with Crippen LogP contribution in [0.2, 0.25) is 5.02 Å². The molecule has 24 heavy (non-hydrogen) atoms. The number of nitrogens with zero attached hydrogens (tertiary/aromatic N) is 5. The summed E-state index contributed by atoms with van der Waals surface area (Å²) in [4.78, 5) is 22.1. The summed E-state index contributed by atoms with van der Waals surface area (Å²) in [6.45, 7) is -0.158. The third-order valence-corrected chi connectivity index (χ3v) is 3.32. The van der Waals surface area contributed by atoms with Gasteiger partial charge in [-0.1, -0.05) is 17.7 Å². The minimum absolute atomic E-state index is 0.158. The largest absolute Gasteiger partial charge is 0.389 e. The van der Waals surface area contributed by atoms with E-state index in [-0.39, 0.29) is 12.4 Å². The lowest BCUT2D eigenvalue weighted by molar-refractivity contribution is -0.389. The van der Waals surface area contributed by atoms with Crippen molar-refractivity contribution in [1.29, 1.82) is 0 Å². The molecular formula is C14H11ClN6O3. The van der Waals surface area contributed by atoms with Gasteiger partial charge < -0.3 is 15.4 Å². The molecule has 1 amide bonds. The molecule has 3 aromatic rings. The maximum Gasteiger partial charge on any atom is 0.389 e. The molecule has 0 bridgehead atoms. The van der Waals surface area contributed by atoms with Crippen LogP contribution in [-0.2, 0) is 11.3 Å². The van der Waals surface area contributed by atoms with Gasteiger partial charge >= 0.3 is 5.82 Å². The van der Waals surface area contributed by atoms with Gasteiger partial charge in [0.1, 0.15) is 12.4 Å². The van der Waals surface area contributed by atoms with Gasteiger partial charge in [-0.3, -0.25) is 4.79 Å². The first-order chi connectivity index (χ1) is 11.5. The minimum atomic E-state index is -0.622. The van der Waals surface area contributed by atoms with E-state index in [9.17, 15) is 14.9 Å². The van der Waals surface area contributed by atoms with Crippen molar-refractivity contribution >= 4 is 29.1 Å². The monoisotopic (exact) mass is 346 g/mol. The van der Waals surface area contributed by atoms with Gasteiger partial charge in [0, 0.05) is 11.1 Å². The fraction of sp³-hybridized carbons (Fsp3) is 0.0714. The van der Waals surface area contributed by atoms with E-state index in [0.717, 1.165) is 0 Å². The van der Waals surface area contributed by atoms with Crippen molar-refractivity contribution in [2.24, 2.45) is 0 Å². The normalized spacial score (nSPS) is 10.5. The van der Waals surface area contributed by atoms with E-state index in [0.29, 0.717) is 16.5 Å². The van der Waals surface area contributed by atoms with Crippen molar-refractivity contribution < 1.29 is 9.72 Å². The van der Waals surface area contributed by atoms with E-state index in [2.05, 4.69) is 15.5 Å². The standard InChI is InChI=1S/C14H11ClN6O3/c15-10-2-1-3-11(8-10)20-12(4-6-16-20)17-14(22)9-19-7-5-13(18-19)21(23)24/h1-8H,9H2,(H,17,22). The zero-order chi connectivity index (χ0) is 17.1. The van der Waals surface area contributed by atoms with E-state index >= 15 is 0 Å². The number of rotatable bonds is 5. The summed E-state index contributed by atoms with van der Waals surface area (Å²) in [6, 6.07) is 9.87. The van der Waals surface area contributed by atoms with Crippen molar-refractivity contribution in [3.8, 4) is 5.69 Å². The summed E-state index contributed by atoms with van der Waals surface area (Å²) in [5.41, 5.74) is 0.692. The lowest BCUT2D eigenvalue weighted by Crippen LogP contribution is -2.21. The Kier molecular flexibility index (Phi) is 4.25. The van der Waals surface area contributed by atoms with E-state index in [4.69, 9.17) is 11.6 Å². The molecule has 0 fully saturated rings. The molecule has 0 spiro atoms. The molecule has 10 heteroatoms. The molecule has 2 heterocycles. The summed E-state index contributed by atoms with van der Waals surface area (Å²) in [7, 11) is 0. The Morgan fingerprint density at radius 3 is 2.88 bits per heavy atom. The van der Waals surface area contributed by atoms with Crippen molar-refractivity contribution in [3.05, 3.63) is 63.9 Å². The highest BCUT2D eigenvalue weighted by molar-refractivity contribution is 6.30. The second-order valence-corrected chi connectivity index (χ2v) is 5.22. The number of nitrogens with one attached hydrogen (secondary N) is 1. The van der Waals surface area contributed by atoms with Crippen LogP contribution in [0.15, 0.2) is 48.8 Å². The van der Waals surface area contributed by atoms with Gasteiger partial charge in [-0.15, -0.1) is 0 Å². The Morgan fingerprint density at radius 2 is 2.17 bits per heavy atom. The predicted octanol–water partition coefficient (Wildman–Crippen LogP) is 2.27. The van der Waals surface area contributed by atoms with Crippen molar-refractivity contribution in [2.75, 3.05) is 5.32 Å². The average molecular weight is 347 g/mol. The van der Waals surface area contributed by atoms with Crippen LogP contribution < -0.4 is 5.32 Å². The van der Waals surface area contributed by atoms with Crippen LogP contribution in [0.5, 0.6) is 0 Å². The van der Waals surface area contributed by atoms with Crippen LogP contribution in [-0.4, -0.2) is 30.4 Å². The highest BCUT2D eigenvalue weighted by atomic mass is 35.5. The minimum Gasteiger partial charge on any atom is -0.358 e. The molecule has 0 aliphatic rings. The topological polar surface area (TPSA) is 108 Å². The average Bonchev–Trinajstić information content (AvgIpc) is 3.16. The molecule has 0 aliphatic carbocycles. The summed E-state index contributed by atoms with van der Waals surface area (Å²) in [6.07, 6.45) is 2.90.